The molecule has 2 saturated heterocycles. The van der Waals surface area contributed by atoms with E-state index in [1.807, 2.05) is 0 Å². The van der Waals surface area contributed by atoms with Crippen molar-refractivity contribution in [3.63, 3.8) is 0 Å². The third kappa shape index (κ3) is 3.69. The highest BCUT2D eigenvalue weighted by molar-refractivity contribution is 6.02. The molecule has 20 heavy (non-hydrogen) atoms. The van der Waals surface area contributed by atoms with Gasteiger partial charge in [0.25, 0.3) is 0 Å². The Morgan fingerprint density at radius 2 is 1.10 bits per heavy atom. The molecule has 110 valence electrons. The predicted molar refractivity (Wildman–Crippen MR) is 68.7 cm³/mol. The summed E-state index contributed by atoms with van der Waals surface area (Å²) >= 11 is 0. The molecule has 0 radical (unpaired) electrons. The monoisotopic (exact) mass is 282 g/mol. The fraction of sp³-hybridized carbons (Fsp3) is 0.667. The first kappa shape index (κ1) is 14.3. The van der Waals surface area contributed by atoms with E-state index in [0.717, 1.165) is 25.7 Å². The lowest BCUT2D eigenvalue weighted by Crippen LogP contribution is -2.29. The molecule has 6 amide bonds. The van der Waals surface area contributed by atoms with E-state index < -0.39 is 0 Å². The summed E-state index contributed by atoms with van der Waals surface area (Å²) in [5.74, 6) is -0.501. The Balaban J connectivity index is 1.52. The maximum Gasteiger partial charge on any atom is 0.324 e. The van der Waals surface area contributed by atoms with Crippen LogP contribution >= 0.6 is 0 Å². The van der Waals surface area contributed by atoms with Crippen LogP contribution in [0.2, 0.25) is 0 Å². The van der Waals surface area contributed by atoms with Crippen molar-refractivity contribution >= 4 is 23.9 Å². The minimum Gasteiger partial charge on any atom is -0.315 e. The number of nitrogens with one attached hydrogen (secondary N) is 2. The van der Waals surface area contributed by atoms with Crippen molar-refractivity contribution in [2.45, 2.75) is 25.7 Å². The summed E-state index contributed by atoms with van der Waals surface area (Å²) in [4.78, 5) is 47.4. The number of amides is 6. The molecule has 0 aromatic heterocycles. The van der Waals surface area contributed by atoms with Crippen molar-refractivity contribution in [1.82, 2.24) is 20.4 Å². The quantitative estimate of drug-likeness (QED) is 0.492. The third-order valence-electron chi connectivity index (χ3n) is 3.34. The molecule has 0 unspecified atom stereocenters. The molecular formula is C12H18N4O4. The van der Waals surface area contributed by atoms with Crippen LogP contribution < -0.4 is 10.6 Å². The van der Waals surface area contributed by atoms with E-state index in [1.54, 1.807) is 0 Å². The fourth-order valence-electron chi connectivity index (χ4n) is 2.29. The summed E-state index contributed by atoms with van der Waals surface area (Å²) in [6.45, 7) is 1.43. The summed E-state index contributed by atoms with van der Waals surface area (Å²) < 4.78 is 0. The van der Waals surface area contributed by atoms with Gasteiger partial charge in [-0.15, -0.1) is 0 Å². The molecule has 0 aromatic carbocycles. The van der Waals surface area contributed by atoms with E-state index in [2.05, 4.69) is 10.6 Å². The van der Waals surface area contributed by atoms with E-state index in [4.69, 9.17) is 0 Å². The molecule has 2 fully saturated rings. The second-order valence-electron chi connectivity index (χ2n) is 4.96. The van der Waals surface area contributed by atoms with Gasteiger partial charge in [0.1, 0.15) is 13.1 Å². The molecule has 8 nitrogen and oxygen atoms in total. The molecule has 2 aliphatic heterocycles. The van der Waals surface area contributed by atoms with Crippen molar-refractivity contribution in [2.24, 2.45) is 0 Å². The number of carbonyl (C=O) groups excluding carboxylic acids is 4. The Hall–Kier alpha value is -2.12. The highest BCUT2D eigenvalue weighted by Gasteiger charge is 2.26. The van der Waals surface area contributed by atoms with Gasteiger partial charge in [-0.05, 0) is 12.8 Å². The molecular weight excluding hydrogens is 264 g/mol. The van der Waals surface area contributed by atoms with Gasteiger partial charge in [-0.3, -0.25) is 20.2 Å². The average Bonchev–Trinajstić information content (AvgIpc) is 2.86. The lowest BCUT2D eigenvalue weighted by atomic mass is 10.2. The molecule has 2 rings (SSSR count). The summed E-state index contributed by atoms with van der Waals surface area (Å²) in [5.41, 5.74) is 0. The Morgan fingerprint density at radius 1 is 0.700 bits per heavy atom. The number of carbonyl (C=O) groups is 4. The molecule has 0 aromatic rings. The van der Waals surface area contributed by atoms with Gasteiger partial charge in [-0.25, -0.2) is 9.59 Å². The minimum absolute atomic E-state index is 0.148. The lowest BCUT2D eigenvalue weighted by molar-refractivity contribution is -0.119. The van der Waals surface area contributed by atoms with Crippen LogP contribution in [0.15, 0.2) is 0 Å². The van der Waals surface area contributed by atoms with E-state index >= 15 is 0 Å². The van der Waals surface area contributed by atoms with E-state index in [9.17, 15) is 19.2 Å². The number of nitrogens with zero attached hydrogens (tertiary/aromatic N) is 2. The predicted octanol–water partition coefficient (Wildman–Crippen LogP) is -0.350. The Kier molecular flexibility index (Phi) is 4.54. The number of unbranched alkanes of at least 4 members (excludes halogenated alkanes) is 3. The second kappa shape index (κ2) is 6.36. The van der Waals surface area contributed by atoms with Gasteiger partial charge in [0.15, 0.2) is 0 Å². The van der Waals surface area contributed by atoms with Crippen LogP contribution in [-0.2, 0) is 9.59 Å². The summed E-state index contributed by atoms with van der Waals surface area (Å²) in [5, 5.41) is 4.46. The summed E-state index contributed by atoms with van der Waals surface area (Å²) in [6.07, 6.45) is 3.49. The van der Waals surface area contributed by atoms with E-state index in [-0.39, 0.29) is 37.0 Å². The maximum atomic E-state index is 11.3. The molecule has 0 atom stereocenters. The van der Waals surface area contributed by atoms with Crippen molar-refractivity contribution < 1.29 is 19.2 Å². The average molecular weight is 282 g/mol. The van der Waals surface area contributed by atoms with Crippen LogP contribution in [0.5, 0.6) is 0 Å². The number of hydrogen-bond acceptors (Lipinski definition) is 4. The largest absolute Gasteiger partial charge is 0.324 e. The number of rotatable bonds is 7. The topological polar surface area (TPSA) is 98.8 Å². The van der Waals surface area contributed by atoms with Crippen LogP contribution in [0.4, 0.5) is 9.59 Å². The van der Waals surface area contributed by atoms with Crippen molar-refractivity contribution in [2.75, 3.05) is 26.2 Å². The Bertz CT molecular complexity index is 397. The minimum atomic E-state index is -0.317. The zero-order valence-electron chi connectivity index (χ0n) is 11.2. The highest BCUT2D eigenvalue weighted by atomic mass is 16.2. The van der Waals surface area contributed by atoms with E-state index in [0.29, 0.717) is 13.1 Å². The van der Waals surface area contributed by atoms with Gasteiger partial charge in [0, 0.05) is 13.1 Å². The highest BCUT2D eigenvalue weighted by Crippen LogP contribution is 2.07. The lowest BCUT2D eigenvalue weighted by Gasteiger charge is -2.14. The van der Waals surface area contributed by atoms with Crippen LogP contribution in [0.3, 0.4) is 0 Å². The molecule has 2 aliphatic rings. The van der Waals surface area contributed by atoms with E-state index in [1.165, 1.54) is 9.80 Å². The molecule has 2 heterocycles. The first-order valence-corrected chi connectivity index (χ1v) is 6.74. The summed E-state index contributed by atoms with van der Waals surface area (Å²) in [6, 6.07) is -0.635. The molecule has 8 heteroatoms. The maximum absolute atomic E-state index is 11.3. The smallest absolute Gasteiger partial charge is 0.315 e. The van der Waals surface area contributed by atoms with Crippen LogP contribution in [0.25, 0.3) is 0 Å². The number of hydrogen-bond donors (Lipinski definition) is 2. The molecule has 0 saturated carbocycles. The number of imide groups is 2. The summed E-state index contributed by atoms with van der Waals surface area (Å²) in [7, 11) is 0. The second-order valence-corrected chi connectivity index (χ2v) is 4.96. The number of urea groups is 2. The van der Waals surface area contributed by atoms with Crippen LogP contribution in [0.1, 0.15) is 25.7 Å². The van der Waals surface area contributed by atoms with Crippen LogP contribution in [0, 0.1) is 0 Å². The van der Waals surface area contributed by atoms with Gasteiger partial charge in [-0.2, -0.15) is 0 Å². The standard InChI is InChI=1S/C12H18N4O4/c17-9-7-15(11(19)13-9)5-3-1-2-4-6-16-8-10(18)14-12(16)20/h1-8H2,(H,13,17,19)(H,14,18,20). The normalized spacial score (nSPS) is 18.8. The Labute approximate surface area is 116 Å². The van der Waals surface area contributed by atoms with Gasteiger partial charge in [0.2, 0.25) is 11.8 Å². The molecule has 0 spiro atoms. The van der Waals surface area contributed by atoms with Crippen molar-refractivity contribution in [1.29, 1.82) is 0 Å². The zero-order chi connectivity index (χ0) is 14.5. The fourth-order valence-corrected chi connectivity index (χ4v) is 2.29. The SMILES string of the molecule is O=C1CN(CCCCCCN2CC(=O)NC2=O)C(=O)N1. The molecule has 0 bridgehead atoms. The van der Waals surface area contributed by atoms with Crippen molar-refractivity contribution in [3.05, 3.63) is 0 Å². The van der Waals surface area contributed by atoms with Crippen LogP contribution in [-0.4, -0.2) is 59.9 Å². The van der Waals surface area contributed by atoms with Gasteiger partial charge in [-0.1, -0.05) is 12.8 Å². The third-order valence-corrected chi connectivity index (χ3v) is 3.34. The first-order valence-electron chi connectivity index (χ1n) is 6.74. The zero-order valence-corrected chi connectivity index (χ0v) is 11.2. The van der Waals surface area contributed by atoms with Gasteiger partial charge >= 0.3 is 12.1 Å². The first-order chi connectivity index (χ1) is 9.56. The van der Waals surface area contributed by atoms with Gasteiger partial charge in [0.05, 0.1) is 0 Å². The molecule has 2 N–H and O–H groups in total. The van der Waals surface area contributed by atoms with Crippen molar-refractivity contribution in [3.8, 4) is 0 Å². The molecule has 0 aliphatic carbocycles. The Morgan fingerprint density at radius 3 is 1.40 bits per heavy atom. The van der Waals surface area contributed by atoms with Gasteiger partial charge < -0.3 is 9.80 Å².